The standard InChI is InChI=1S/C23H30O2/c1-14(2)20-11-16-12-21(15-7-9-17(24)10-8-15)18-5-3-4-6-19(18)22(16)13-23(20)25/h7,9-11,13-15,18-19,21,24-25H,3-6,8,12H2,1-2H3/t15?,18-,19+,21-/m0/s1. The van der Waals surface area contributed by atoms with E-state index in [2.05, 4.69) is 32.1 Å². The maximum atomic E-state index is 10.5. The highest BCUT2D eigenvalue weighted by atomic mass is 16.3. The fraction of sp³-hybridized carbons (Fsp3) is 0.565. The number of phenolic OH excluding ortho intramolecular Hbond substituents is 1. The molecular weight excluding hydrogens is 308 g/mol. The molecule has 134 valence electrons. The van der Waals surface area contributed by atoms with Gasteiger partial charge in [0.15, 0.2) is 0 Å². The first-order valence-corrected chi connectivity index (χ1v) is 9.97. The highest BCUT2D eigenvalue weighted by molar-refractivity contribution is 5.47. The lowest BCUT2D eigenvalue weighted by Crippen LogP contribution is -2.36. The van der Waals surface area contributed by atoms with Crippen molar-refractivity contribution in [2.24, 2.45) is 17.8 Å². The second-order valence-electron chi connectivity index (χ2n) is 8.57. The molecular formula is C23H30O2. The monoisotopic (exact) mass is 338 g/mol. The third kappa shape index (κ3) is 3.01. The Hall–Kier alpha value is -1.70. The van der Waals surface area contributed by atoms with Crippen molar-refractivity contribution in [3.8, 4) is 5.75 Å². The van der Waals surface area contributed by atoms with Crippen molar-refractivity contribution in [1.29, 1.82) is 0 Å². The summed E-state index contributed by atoms with van der Waals surface area (Å²) in [7, 11) is 0. The Labute approximate surface area is 151 Å². The second-order valence-corrected chi connectivity index (χ2v) is 8.57. The minimum absolute atomic E-state index is 0.349. The van der Waals surface area contributed by atoms with Gasteiger partial charge in [-0.05, 0) is 90.2 Å². The molecule has 0 saturated heterocycles. The average Bonchev–Trinajstić information content (AvgIpc) is 2.61. The molecule has 0 amide bonds. The van der Waals surface area contributed by atoms with Gasteiger partial charge in [0.2, 0.25) is 0 Å². The van der Waals surface area contributed by atoms with Crippen molar-refractivity contribution < 1.29 is 10.2 Å². The second kappa shape index (κ2) is 6.55. The zero-order valence-corrected chi connectivity index (χ0v) is 15.4. The number of rotatable bonds is 2. The van der Waals surface area contributed by atoms with Crippen molar-refractivity contribution in [3.05, 3.63) is 52.8 Å². The third-order valence-corrected chi connectivity index (χ3v) is 6.80. The van der Waals surface area contributed by atoms with Gasteiger partial charge >= 0.3 is 0 Å². The summed E-state index contributed by atoms with van der Waals surface area (Å²) in [4.78, 5) is 0. The van der Waals surface area contributed by atoms with E-state index in [0.29, 0.717) is 41.1 Å². The van der Waals surface area contributed by atoms with E-state index in [4.69, 9.17) is 0 Å². The van der Waals surface area contributed by atoms with Crippen molar-refractivity contribution in [2.75, 3.05) is 0 Å². The Kier molecular flexibility index (Phi) is 4.39. The van der Waals surface area contributed by atoms with Crippen LogP contribution in [0.4, 0.5) is 0 Å². The normalized spacial score (nSPS) is 31.4. The Balaban J connectivity index is 1.72. The maximum absolute atomic E-state index is 10.5. The Morgan fingerprint density at radius 2 is 1.84 bits per heavy atom. The van der Waals surface area contributed by atoms with E-state index in [1.807, 2.05) is 12.2 Å². The van der Waals surface area contributed by atoms with Gasteiger partial charge in [-0.1, -0.05) is 38.8 Å². The van der Waals surface area contributed by atoms with E-state index in [0.717, 1.165) is 18.4 Å². The SMILES string of the molecule is CC(C)c1cc2c(cc1O)[C@@H]1CCCC[C@@H]1[C@H](C1C=CC(O)=CC1)C2. The van der Waals surface area contributed by atoms with Gasteiger partial charge in [0.25, 0.3) is 0 Å². The van der Waals surface area contributed by atoms with E-state index in [-0.39, 0.29) is 0 Å². The quantitative estimate of drug-likeness (QED) is 0.696. The predicted octanol–water partition coefficient (Wildman–Crippen LogP) is 5.98. The Morgan fingerprint density at radius 1 is 1.04 bits per heavy atom. The van der Waals surface area contributed by atoms with Gasteiger partial charge in [0.05, 0.1) is 0 Å². The summed E-state index contributed by atoms with van der Waals surface area (Å²) in [5, 5.41) is 20.2. The smallest absolute Gasteiger partial charge is 0.119 e. The highest BCUT2D eigenvalue weighted by Crippen LogP contribution is 2.52. The number of aromatic hydroxyl groups is 1. The van der Waals surface area contributed by atoms with E-state index in [9.17, 15) is 10.2 Å². The lowest BCUT2D eigenvalue weighted by molar-refractivity contribution is 0.155. The number of phenols is 1. The van der Waals surface area contributed by atoms with Crippen LogP contribution in [0.25, 0.3) is 0 Å². The summed E-state index contributed by atoms with van der Waals surface area (Å²) in [6.45, 7) is 4.31. The molecule has 4 atom stereocenters. The third-order valence-electron chi connectivity index (χ3n) is 6.80. The first kappa shape index (κ1) is 16.8. The van der Waals surface area contributed by atoms with Gasteiger partial charge in [-0.15, -0.1) is 0 Å². The molecule has 3 aliphatic rings. The van der Waals surface area contributed by atoms with Gasteiger partial charge in [-0.3, -0.25) is 0 Å². The molecule has 0 aliphatic heterocycles. The summed E-state index contributed by atoms with van der Waals surface area (Å²) < 4.78 is 0. The van der Waals surface area contributed by atoms with E-state index in [1.165, 1.54) is 36.8 Å². The van der Waals surface area contributed by atoms with Crippen molar-refractivity contribution in [2.45, 2.75) is 64.2 Å². The van der Waals surface area contributed by atoms with Crippen LogP contribution in [-0.4, -0.2) is 10.2 Å². The predicted molar refractivity (Wildman–Crippen MR) is 102 cm³/mol. The van der Waals surface area contributed by atoms with E-state index < -0.39 is 0 Å². The van der Waals surface area contributed by atoms with Crippen LogP contribution in [0, 0.1) is 17.8 Å². The molecule has 1 unspecified atom stereocenters. The van der Waals surface area contributed by atoms with Crippen LogP contribution in [0.3, 0.4) is 0 Å². The summed E-state index contributed by atoms with van der Waals surface area (Å²) >= 11 is 0. The van der Waals surface area contributed by atoms with E-state index >= 15 is 0 Å². The molecule has 3 aliphatic carbocycles. The zero-order chi connectivity index (χ0) is 17.6. The average molecular weight is 338 g/mol. The topological polar surface area (TPSA) is 40.5 Å². The number of hydrogen-bond acceptors (Lipinski definition) is 2. The van der Waals surface area contributed by atoms with Gasteiger partial charge < -0.3 is 10.2 Å². The molecule has 1 saturated carbocycles. The largest absolute Gasteiger partial charge is 0.508 e. The summed E-state index contributed by atoms with van der Waals surface area (Å²) in [5.74, 6) is 3.76. The maximum Gasteiger partial charge on any atom is 0.119 e. The number of fused-ring (bicyclic) bond motifs is 3. The number of hydrogen-bond donors (Lipinski definition) is 2. The molecule has 0 aromatic heterocycles. The first-order chi connectivity index (χ1) is 12.0. The number of aliphatic hydroxyl groups excluding tert-OH is 1. The van der Waals surface area contributed by atoms with Crippen LogP contribution in [0.5, 0.6) is 5.75 Å². The number of allylic oxidation sites excluding steroid dienone is 3. The van der Waals surface area contributed by atoms with Crippen LogP contribution < -0.4 is 0 Å². The molecule has 2 nitrogen and oxygen atoms in total. The Bertz CT molecular complexity index is 713. The minimum Gasteiger partial charge on any atom is -0.508 e. The van der Waals surface area contributed by atoms with Gasteiger partial charge in [-0.25, -0.2) is 0 Å². The van der Waals surface area contributed by atoms with Gasteiger partial charge in [0.1, 0.15) is 11.5 Å². The number of benzene rings is 1. The van der Waals surface area contributed by atoms with Crippen molar-refractivity contribution in [1.82, 2.24) is 0 Å². The molecule has 2 heteroatoms. The van der Waals surface area contributed by atoms with Crippen LogP contribution in [0.1, 0.15) is 74.5 Å². The molecule has 1 aromatic carbocycles. The fourth-order valence-corrected chi connectivity index (χ4v) is 5.53. The van der Waals surface area contributed by atoms with Crippen LogP contribution >= 0.6 is 0 Å². The molecule has 1 aromatic rings. The lowest BCUT2D eigenvalue weighted by Gasteiger charge is -2.45. The van der Waals surface area contributed by atoms with Gasteiger partial charge in [-0.2, -0.15) is 0 Å². The summed E-state index contributed by atoms with van der Waals surface area (Å²) in [5.41, 5.74) is 3.96. The zero-order valence-electron chi connectivity index (χ0n) is 15.4. The van der Waals surface area contributed by atoms with Crippen LogP contribution in [0.15, 0.2) is 36.1 Å². The van der Waals surface area contributed by atoms with Crippen molar-refractivity contribution in [3.63, 3.8) is 0 Å². The fourth-order valence-electron chi connectivity index (χ4n) is 5.53. The lowest BCUT2D eigenvalue weighted by atomic mass is 9.59. The van der Waals surface area contributed by atoms with Gasteiger partial charge in [0, 0.05) is 0 Å². The van der Waals surface area contributed by atoms with E-state index in [1.54, 1.807) is 0 Å². The molecule has 4 rings (SSSR count). The van der Waals surface area contributed by atoms with Crippen LogP contribution in [-0.2, 0) is 6.42 Å². The van der Waals surface area contributed by atoms with Crippen LogP contribution in [0.2, 0.25) is 0 Å². The van der Waals surface area contributed by atoms with Crippen molar-refractivity contribution >= 4 is 0 Å². The molecule has 0 spiro atoms. The highest BCUT2D eigenvalue weighted by Gasteiger charge is 2.41. The molecule has 0 radical (unpaired) electrons. The molecule has 2 N–H and O–H groups in total. The molecule has 0 bridgehead atoms. The first-order valence-electron chi connectivity index (χ1n) is 9.97. The summed E-state index contributed by atoms with van der Waals surface area (Å²) in [6, 6.07) is 4.37. The molecule has 25 heavy (non-hydrogen) atoms. The summed E-state index contributed by atoms with van der Waals surface area (Å²) in [6.07, 6.45) is 13.4. The molecule has 1 fully saturated rings. The Morgan fingerprint density at radius 3 is 2.56 bits per heavy atom. The molecule has 0 heterocycles. The minimum atomic E-state index is 0.349. The number of aliphatic hydroxyl groups is 1.